The molecule has 0 aliphatic heterocycles. The van der Waals surface area contributed by atoms with E-state index in [-0.39, 0.29) is 16.9 Å². The standard InChI is InChI=1S/C32H44O3Si/c1-26(34-24-23-30(33)36(5,6)31(2,3)4)22-25-35-32(27-16-10-7-11-17-27,28-18-12-8-13-19-28)29-20-14-9-15-21-29/h7-21,26,30,33H,22-25H2,1-6H3. The lowest BCUT2D eigenvalue weighted by Crippen LogP contribution is -2.49. The first-order valence-corrected chi connectivity index (χ1v) is 16.3. The summed E-state index contributed by atoms with van der Waals surface area (Å²) < 4.78 is 13.0. The fourth-order valence-corrected chi connectivity index (χ4v) is 6.31. The summed E-state index contributed by atoms with van der Waals surface area (Å²) in [7, 11) is -1.79. The predicted molar refractivity (Wildman–Crippen MR) is 153 cm³/mol. The molecule has 3 aromatic rings. The Morgan fingerprint density at radius 2 is 1.11 bits per heavy atom. The first kappa shape index (κ1) is 28.3. The Balaban J connectivity index is 1.72. The smallest absolute Gasteiger partial charge is 0.143 e. The molecule has 0 heterocycles. The molecule has 2 unspecified atom stereocenters. The highest BCUT2D eigenvalue weighted by Crippen LogP contribution is 2.41. The van der Waals surface area contributed by atoms with Gasteiger partial charge in [-0.25, -0.2) is 0 Å². The van der Waals surface area contributed by atoms with Gasteiger partial charge >= 0.3 is 0 Å². The number of benzene rings is 3. The molecule has 3 rings (SSSR count). The lowest BCUT2D eigenvalue weighted by atomic mass is 9.80. The van der Waals surface area contributed by atoms with Crippen LogP contribution < -0.4 is 0 Å². The second-order valence-electron chi connectivity index (χ2n) is 11.4. The molecular weight excluding hydrogens is 460 g/mol. The van der Waals surface area contributed by atoms with Crippen molar-refractivity contribution in [1.82, 2.24) is 0 Å². The molecule has 0 saturated carbocycles. The maximum absolute atomic E-state index is 10.8. The summed E-state index contributed by atoms with van der Waals surface area (Å²) >= 11 is 0. The van der Waals surface area contributed by atoms with E-state index < -0.39 is 13.7 Å². The molecule has 0 bridgehead atoms. The summed E-state index contributed by atoms with van der Waals surface area (Å²) in [5.41, 5.74) is 2.33. The molecule has 0 aromatic heterocycles. The van der Waals surface area contributed by atoms with Crippen molar-refractivity contribution in [2.75, 3.05) is 13.2 Å². The minimum absolute atomic E-state index is 0.0386. The van der Waals surface area contributed by atoms with Gasteiger partial charge in [0.1, 0.15) is 5.60 Å². The number of aliphatic hydroxyl groups is 1. The van der Waals surface area contributed by atoms with Crippen molar-refractivity contribution < 1.29 is 14.6 Å². The van der Waals surface area contributed by atoms with E-state index in [4.69, 9.17) is 9.47 Å². The zero-order valence-corrected chi connectivity index (χ0v) is 23.9. The Morgan fingerprint density at radius 3 is 1.50 bits per heavy atom. The quantitative estimate of drug-likeness (QED) is 0.204. The van der Waals surface area contributed by atoms with Crippen molar-refractivity contribution in [3.05, 3.63) is 108 Å². The lowest BCUT2D eigenvalue weighted by molar-refractivity contribution is -0.0212. The zero-order valence-electron chi connectivity index (χ0n) is 22.9. The molecule has 0 spiro atoms. The molecule has 4 heteroatoms. The van der Waals surface area contributed by atoms with Gasteiger partial charge in [-0.3, -0.25) is 0 Å². The van der Waals surface area contributed by atoms with Gasteiger partial charge in [-0.05, 0) is 41.5 Å². The zero-order chi connectivity index (χ0) is 26.2. The third kappa shape index (κ3) is 6.54. The molecule has 0 aliphatic carbocycles. The number of hydrogen-bond donors (Lipinski definition) is 1. The molecule has 0 fully saturated rings. The number of aliphatic hydroxyl groups excluding tert-OH is 1. The van der Waals surface area contributed by atoms with Crippen LogP contribution >= 0.6 is 0 Å². The molecule has 0 aliphatic rings. The summed E-state index contributed by atoms with van der Waals surface area (Å²) in [4.78, 5) is 0. The summed E-state index contributed by atoms with van der Waals surface area (Å²) in [6, 6.07) is 31.4. The van der Waals surface area contributed by atoms with E-state index in [0.29, 0.717) is 19.6 Å². The minimum atomic E-state index is -1.79. The van der Waals surface area contributed by atoms with E-state index in [0.717, 1.165) is 23.1 Å². The summed E-state index contributed by atoms with van der Waals surface area (Å²) in [6.45, 7) is 14.5. The highest BCUT2D eigenvalue weighted by molar-refractivity contribution is 6.81. The van der Waals surface area contributed by atoms with Crippen molar-refractivity contribution in [3.8, 4) is 0 Å². The van der Waals surface area contributed by atoms with E-state index in [1.165, 1.54) is 0 Å². The van der Waals surface area contributed by atoms with E-state index >= 15 is 0 Å². The van der Waals surface area contributed by atoms with Crippen molar-refractivity contribution in [2.24, 2.45) is 0 Å². The maximum atomic E-state index is 10.8. The van der Waals surface area contributed by atoms with Gasteiger partial charge in [0.25, 0.3) is 0 Å². The number of ether oxygens (including phenoxy) is 2. The Hall–Kier alpha value is -2.24. The first-order chi connectivity index (χ1) is 17.1. The summed E-state index contributed by atoms with van der Waals surface area (Å²) in [5, 5.41) is 11.0. The SMILES string of the molecule is CC(CCOC(c1ccccc1)(c1ccccc1)c1ccccc1)OCCC(O)[Si](C)(C)C(C)(C)C. The molecule has 1 N–H and O–H groups in total. The van der Waals surface area contributed by atoms with Crippen LogP contribution in [0.3, 0.4) is 0 Å². The third-order valence-corrected chi connectivity index (χ3v) is 13.8. The summed E-state index contributed by atoms with van der Waals surface area (Å²) in [6.07, 6.45) is 1.49. The van der Waals surface area contributed by atoms with Gasteiger partial charge in [-0.1, -0.05) is 125 Å². The van der Waals surface area contributed by atoms with E-state index in [1.807, 2.05) is 18.2 Å². The average Bonchev–Trinajstić information content (AvgIpc) is 2.87. The Morgan fingerprint density at radius 1 is 0.694 bits per heavy atom. The van der Waals surface area contributed by atoms with E-state index in [2.05, 4.69) is 114 Å². The van der Waals surface area contributed by atoms with Crippen LogP contribution in [-0.2, 0) is 15.1 Å². The molecule has 36 heavy (non-hydrogen) atoms. The van der Waals surface area contributed by atoms with Gasteiger partial charge in [0.2, 0.25) is 0 Å². The van der Waals surface area contributed by atoms with Gasteiger partial charge in [0, 0.05) is 12.3 Å². The molecule has 0 saturated heterocycles. The fraction of sp³-hybridized carbons (Fsp3) is 0.438. The van der Waals surface area contributed by atoms with Crippen LogP contribution in [0.25, 0.3) is 0 Å². The second kappa shape index (κ2) is 12.3. The predicted octanol–water partition coefficient (Wildman–Crippen LogP) is 7.59. The van der Waals surface area contributed by atoms with E-state index in [1.54, 1.807) is 0 Å². The maximum Gasteiger partial charge on any atom is 0.143 e. The van der Waals surface area contributed by atoms with Crippen LogP contribution in [0.2, 0.25) is 18.1 Å². The fourth-order valence-electron chi connectivity index (χ4n) is 4.47. The Labute approximate surface area is 219 Å². The molecular formula is C32H44O3Si. The molecule has 3 aromatic carbocycles. The van der Waals surface area contributed by atoms with Crippen molar-refractivity contribution in [2.45, 2.75) is 76.1 Å². The van der Waals surface area contributed by atoms with Crippen molar-refractivity contribution in [1.29, 1.82) is 0 Å². The highest BCUT2D eigenvalue weighted by atomic mass is 28.3. The monoisotopic (exact) mass is 504 g/mol. The first-order valence-electron chi connectivity index (χ1n) is 13.2. The van der Waals surface area contributed by atoms with Crippen LogP contribution in [0.5, 0.6) is 0 Å². The second-order valence-corrected chi connectivity index (χ2v) is 17.0. The molecule has 0 radical (unpaired) electrons. The minimum Gasteiger partial charge on any atom is -0.396 e. The van der Waals surface area contributed by atoms with Crippen LogP contribution in [0.4, 0.5) is 0 Å². The van der Waals surface area contributed by atoms with Crippen LogP contribution in [0, 0.1) is 0 Å². The van der Waals surface area contributed by atoms with Crippen LogP contribution in [0.15, 0.2) is 91.0 Å². The van der Waals surface area contributed by atoms with Gasteiger partial charge in [0.15, 0.2) is 0 Å². The normalized spacial score (nSPS) is 14.4. The van der Waals surface area contributed by atoms with Crippen LogP contribution in [0.1, 0.15) is 57.2 Å². The van der Waals surface area contributed by atoms with Gasteiger partial charge < -0.3 is 14.6 Å². The number of hydrogen-bond acceptors (Lipinski definition) is 3. The molecule has 3 nitrogen and oxygen atoms in total. The van der Waals surface area contributed by atoms with Crippen LogP contribution in [-0.4, -0.2) is 38.2 Å². The lowest BCUT2D eigenvalue weighted by Gasteiger charge is -2.40. The molecule has 2 atom stereocenters. The largest absolute Gasteiger partial charge is 0.396 e. The molecule has 0 amide bonds. The van der Waals surface area contributed by atoms with Gasteiger partial charge in [-0.2, -0.15) is 0 Å². The topological polar surface area (TPSA) is 38.7 Å². The van der Waals surface area contributed by atoms with Gasteiger partial charge in [0.05, 0.1) is 20.8 Å². The van der Waals surface area contributed by atoms with Gasteiger partial charge in [-0.15, -0.1) is 0 Å². The van der Waals surface area contributed by atoms with E-state index in [9.17, 15) is 5.11 Å². The summed E-state index contributed by atoms with van der Waals surface area (Å²) in [5.74, 6) is 0. The number of rotatable bonds is 12. The average molecular weight is 505 g/mol. The third-order valence-electron chi connectivity index (χ3n) is 7.94. The Bertz CT molecular complexity index is 933. The molecule has 194 valence electrons. The van der Waals surface area contributed by atoms with Crippen molar-refractivity contribution >= 4 is 8.07 Å². The Kier molecular flexibility index (Phi) is 9.70. The van der Waals surface area contributed by atoms with Crippen molar-refractivity contribution in [3.63, 3.8) is 0 Å². The highest BCUT2D eigenvalue weighted by Gasteiger charge is 2.41.